The molecule has 11 heteroatoms. The number of amides is 2. The van der Waals surface area contributed by atoms with Gasteiger partial charge in [0.25, 0.3) is 0 Å². The third-order valence-electron chi connectivity index (χ3n) is 5.50. The molecular formula is C24H29N3O7S. The van der Waals surface area contributed by atoms with E-state index in [1.165, 1.54) is 0 Å². The number of ether oxygens (including phenoxy) is 1. The zero-order chi connectivity index (χ0) is 25.8. The van der Waals surface area contributed by atoms with E-state index in [-0.39, 0.29) is 19.1 Å². The molecule has 2 aromatic rings. The van der Waals surface area contributed by atoms with Gasteiger partial charge in [0.1, 0.15) is 12.6 Å². The van der Waals surface area contributed by atoms with Crippen LogP contribution in [0.3, 0.4) is 0 Å². The Morgan fingerprint density at radius 1 is 1.03 bits per heavy atom. The average molecular weight is 504 g/mol. The molecule has 0 bridgehead atoms. The lowest BCUT2D eigenvalue weighted by molar-refractivity contribution is -0.139. The highest BCUT2D eigenvalue weighted by molar-refractivity contribution is 7.88. The van der Waals surface area contributed by atoms with Gasteiger partial charge in [0.2, 0.25) is 15.9 Å². The van der Waals surface area contributed by atoms with Gasteiger partial charge in [-0.1, -0.05) is 48.5 Å². The van der Waals surface area contributed by atoms with Crippen LogP contribution in [0.25, 0.3) is 11.1 Å². The van der Waals surface area contributed by atoms with E-state index in [9.17, 15) is 27.9 Å². The summed E-state index contributed by atoms with van der Waals surface area (Å²) in [4.78, 5) is 36.4. The molecule has 1 unspecified atom stereocenters. The van der Waals surface area contributed by atoms with E-state index in [0.717, 1.165) is 28.5 Å². The second-order valence-electron chi connectivity index (χ2n) is 9.10. The summed E-state index contributed by atoms with van der Waals surface area (Å²) < 4.78 is 30.7. The predicted molar refractivity (Wildman–Crippen MR) is 129 cm³/mol. The van der Waals surface area contributed by atoms with E-state index in [4.69, 9.17) is 4.74 Å². The van der Waals surface area contributed by atoms with Gasteiger partial charge in [0.05, 0.1) is 12.7 Å². The van der Waals surface area contributed by atoms with Gasteiger partial charge in [-0.25, -0.2) is 17.9 Å². The number of aliphatic carboxylic acids is 1. The zero-order valence-corrected chi connectivity index (χ0v) is 20.5. The molecule has 4 N–H and O–H groups in total. The van der Waals surface area contributed by atoms with Gasteiger partial charge >= 0.3 is 12.1 Å². The molecule has 0 heterocycles. The number of hydrogen-bond acceptors (Lipinski definition) is 6. The molecule has 2 aromatic carbocycles. The topological polar surface area (TPSA) is 151 Å². The van der Waals surface area contributed by atoms with Crippen LogP contribution in [0, 0.1) is 0 Å². The van der Waals surface area contributed by atoms with E-state index in [1.807, 2.05) is 48.5 Å². The van der Waals surface area contributed by atoms with E-state index >= 15 is 0 Å². The monoisotopic (exact) mass is 503 g/mol. The SMILES string of the molecule is CC(C)(CNC(=O)C(CC(=O)O)NC(=O)OCC1c2ccccc2-c2ccccc21)NS(C)(=O)=O. The van der Waals surface area contributed by atoms with E-state index in [0.29, 0.717) is 0 Å². The van der Waals surface area contributed by atoms with Gasteiger partial charge in [0, 0.05) is 18.0 Å². The Balaban J connectivity index is 1.63. The van der Waals surface area contributed by atoms with Crippen LogP contribution < -0.4 is 15.4 Å². The first-order valence-corrected chi connectivity index (χ1v) is 12.9. The quantitative estimate of drug-likeness (QED) is 0.386. The Labute approximate surface area is 204 Å². The number of alkyl carbamates (subject to hydrolysis) is 1. The summed E-state index contributed by atoms with van der Waals surface area (Å²) in [7, 11) is -3.53. The van der Waals surface area contributed by atoms with Gasteiger partial charge in [-0.15, -0.1) is 0 Å². The summed E-state index contributed by atoms with van der Waals surface area (Å²) in [5.41, 5.74) is 3.13. The lowest BCUT2D eigenvalue weighted by atomic mass is 9.98. The second kappa shape index (κ2) is 10.4. The van der Waals surface area contributed by atoms with Crippen LogP contribution in [-0.2, 0) is 24.3 Å². The molecule has 0 fully saturated rings. The number of sulfonamides is 1. The molecule has 188 valence electrons. The van der Waals surface area contributed by atoms with Crippen LogP contribution in [0.4, 0.5) is 4.79 Å². The highest BCUT2D eigenvalue weighted by Crippen LogP contribution is 2.44. The average Bonchev–Trinajstić information content (AvgIpc) is 3.07. The normalized spacial score (nSPS) is 13.9. The number of fused-ring (bicyclic) bond motifs is 3. The van der Waals surface area contributed by atoms with Crippen LogP contribution in [0.15, 0.2) is 48.5 Å². The number of carbonyl (C=O) groups is 3. The summed E-state index contributed by atoms with van der Waals surface area (Å²) >= 11 is 0. The maximum absolute atomic E-state index is 12.6. The maximum atomic E-state index is 12.6. The Morgan fingerprint density at radius 3 is 2.09 bits per heavy atom. The molecule has 0 aromatic heterocycles. The number of hydrogen-bond donors (Lipinski definition) is 4. The molecular weight excluding hydrogens is 474 g/mol. The van der Waals surface area contributed by atoms with Crippen molar-refractivity contribution in [2.75, 3.05) is 19.4 Å². The molecule has 0 aliphatic heterocycles. The van der Waals surface area contributed by atoms with Gasteiger partial charge < -0.3 is 20.5 Å². The summed E-state index contributed by atoms with van der Waals surface area (Å²) in [6.07, 6.45) is -0.611. The van der Waals surface area contributed by atoms with Crippen LogP contribution >= 0.6 is 0 Å². The molecule has 10 nitrogen and oxygen atoms in total. The maximum Gasteiger partial charge on any atom is 0.407 e. The van der Waals surface area contributed by atoms with Crippen molar-refractivity contribution in [1.82, 2.24) is 15.4 Å². The number of benzene rings is 2. The minimum atomic E-state index is -3.53. The van der Waals surface area contributed by atoms with Crippen molar-refractivity contribution in [3.05, 3.63) is 59.7 Å². The number of rotatable bonds is 10. The van der Waals surface area contributed by atoms with Gasteiger partial charge in [0.15, 0.2) is 0 Å². The Bertz CT molecular complexity index is 1180. The fraction of sp³-hybridized carbons (Fsp3) is 0.375. The molecule has 35 heavy (non-hydrogen) atoms. The molecule has 3 rings (SSSR count). The summed E-state index contributed by atoms with van der Waals surface area (Å²) in [6.45, 7) is 2.99. The van der Waals surface area contributed by atoms with Gasteiger partial charge in [-0.05, 0) is 36.1 Å². The number of carboxylic acid groups (broad SMARTS) is 1. The van der Waals surface area contributed by atoms with Crippen molar-refractivity contribution in [2.45, 2.75) is 37.8 Å². The predicted octanol–water partition coefficient (Wildman–Crippen LogP) is 1.81. The van der Waals surface area contributed by atoms with Gasteiger partial charge in [-0.3, -0.25) is 9.59 Å². The standard InChI is InChI=1S/C24H29N3O7S/c1-24(2,27-35(3,32)33)14-25-22(30)20(12-21(28)29)26-23(31)34-13-19-17-10-6-4-8-15(17)16-9-5-7-11-18(16)19/h4-11,19-20,27H,12-14H2,1-3H3,(H,25,30)(H,26,31)(H,28,29). The van der Waals surface area contributed by atoms with Crippen LogP contribution in [0.5, 0.6) is 0 Å². The largest absolute Gasteiger partial charge is 0.481 e. The minimum absolute atomic E-state index is 0.00653. The fourth-order valence-electron chi connectivity index (χ4n) is 4.14. The lowest BCUT2D eigenvalue weighted by Crippen LogP contribution is -2.55. The molecule has 1 aliphatic rings. The molecule has 0 radical (unpaired) electrons. The molecule has 2 amide bonds. The summed E-state index contributed by atoms with van der Waals surface area (Å²) in [5.74, 6) is -2.26. The highest BCUT2D eigenvalue weighted by Gasteiger charge is 2.31. The zero-order valence-electron chi connectivity index (χ0n) is 19.7. The van der Waals surface area contributed by atoms with Crippen molar-refractivity contribution in [2.24, 2.45) is 0 Å². The molecule has 0 spiro atoms. The van der Waals surface area contributed by atoms with Crippen molar-refractivity contribution in [3.8, 4) is 11.1 Å². The highest BCUT2D eigenvalue weighted by atomic mass is 32.2. The van der Waals surface area contributed by atoms with Crippen LogP contribution in [0.1, 0.15) is 37.3 Å². The van der Waals surface area contributed by atoms with E-state index in [1.54, 1.807) is 13.8 Å². The number of carbonyl (C=O) groups excluding carboxylic acids is 2. The first-order chi connectivity index (χ1) is 16.4. The Kier molecular flexibility index (Phi) is 7.81. The first kappa shape index (κ1) is 26.2. The minimum Gasteiger partial charge on any atom is -0.481 e. The fourth-order valence-corrected chi connectivity index (χ4v) is 5.21. The molecule has 1 aliphatic carbocycles. The lowest BCUT2D eigenvalue weighted by Gasteiger charge is -2.26. The summed E-state index contributed by atoms with van der Waals surface area (Å²) in [5, 5.41) is 14.0. The third kappa shape index (κ3) is 7.03. The molecule has 0 saturated carbocycles. The number of carboxylic acids is 1. The third-order valence-corrected chi connectivity index (χ3v) is 6.42. The van der Waals surface area contributed by atoms with Crippen molar-refractivity contribution >= 4 is 28.0 Å². The number of nitrogens with one attached hydrogen (secondary N) is 3. The summed E-state index contributed by atoms with van der Waals surface area (Å²) in [6, 6.07) is 14.2. The van der Waals surface area contributed by atoms with E-state index in [2.05, 4.69) is 15.4 Å². The van der Waals surface area contributed by atoms with Crippen LogP contribution in [0.2, 0.25) is 0 Å². The van der Waals surface area contributed by atoms with Crippen molar-refractivity contribution < 1.29 is 32.6 Å². The van der Waals surface area contributed by atoms with Gasteiger partial charge in [-0.2, -0.15) is 0 Å². The van der Waals surface area contributed by atoms with Crippen molar-refractivity contribution in [1.29, 1.82) is 0 Å². The smallest absolute Gasteiger partial charge is 0.407 e. The first-order valence-electron chi connectivity index (χ1n) is 11.0. The molecule has 0 saturated heterocycles. The van der Waals surface area contributed by atoms with Crippen LogP contribution in [-0.4, -0.2) is 62.5 Å². The van der Waals surface area contributed by atoms with E-state index < -0.39 is 46.0 Å². The Hall–Kier alpha value is -3.44. The second-order valence-corrected chi connectivity index (χ2v) is 10.8. The molecule has 1 atom stereocenters. The Morgan fingerprint density at radius 2 is 1.57 bits per heavy atom. The van der Waals surface area contributed by atoms with Crippen molar-refractivity contribution in [3.63, 3.8) is 0 Å².